The van der Waals surface area contributed by atoms with E-state index in [0.717, 1.165) is 31.6 Å². The van der Waals surface area contributed by atoms with Crippen LogP contribution in [0.2, 0.25) is 5.15 Å². The minimum Gasteiger partial charge on any atom is -0.370 e. The van der Waals surface area contributed by atoms with Gasteiger partial charge in [0.25, 0.3) is 0 Å². The number of pyridine rings is 2. The lowest BCUT2D eigenvalue weighted by atomic mass is 10.0. The molecule has 0 bridgehead atoms. The number of hydrogen-bond donors (Lipinski definition) is 0. The maximum Gasteiger partial charge on any atom is 0.137 e. The van der Waals surface area contributed by atoms with Crippen molar-refractivity contribution in [1.29, 1.82) is 0 Å². The average Bonchev–Trinajstić information content (AvgIpc) is 2.55. The Hall–Kier alpha value is -1.72. The maximum absolute atomic E-state index is 13.9. The third-order valence-electron chi connectivity index (χ3n) is 4.40. The topological polar surface area (TPSA) is 32.3 Å². The molecule has 0 saturated carbocycles. The van der Waals surface area contributed by atoms with Crippen molar-refractivity contribution in [3.63, 3.8) is 0 Å². The van der Waals surface area contributed by atoms with E-state index in [0.29, 0.717) is 17.3 Å². The molecule has 1 saturated heterocycles. The van der Waals surface area contributed by atoms with Crippen molar-refractivity contribution >= 4 is 17.3 Å². The summed E-state index contributed by atoms with van der Waals surface area (Å²) in [4.78, 5) is 12.9. The van der Waals surface area contributed by atoms with Gasteiger partial charge in [0.15, 0.2) is 0 Å². The van der Waals surface area contributed by atoms with Crippen molar-refractivity contribution in [2.45, 2.75) is 18.9 Å². The molecule has 1 aliphatic rings. The molecular formula is C17H20ClFN4. The van der Waals surface area contributed by atoms with Gasteiger partial charge in [0.2, 0.25) is 0 Å². The Balaban J connectivity index is 1.73. The van der Waals surface area contributed by atoms with Gasteiger partial charge in [-0.3, -0.25) is 4.98 Å². The van der Waals surface area contributed by atoms with Gasteiger partial charge in [0.1, 0.15) is 11.0 Å². The van der Waals surface area contributed by atoms with Crippen LogP contribution in [0.4, 0.5) is 10.1 Å². The summed E-state index contributed by atoms with van der Waals surface area (Å²) in [6, 6.07) is 5.68. The first-order chi connectivity index (χ1) is 11.0. The molecule has 2 aromatic rings. The number of halogens is 2. The van der Waals surface area contributed by atoms with Crippen molar-refractivity contribution in [1.82, 2.24) is 14.9 Å². The molecule has 2 aromatic heterocycles. The molecule has 6 heteroatoms. The van der Waals surface area contributed by atoms with Crippen molar-refractivity contribution in [3.05, 3.63) is 41.6 Å². The van der Waals surface area contributed by atoms with Crippen LogP contribution < -0.4 is 4.90 Å². The molecule has 0 radical (unpaired) electrons. The van der Waals surface area contributed by atoms with Crippen LogP contribution in [0.25, 0.3) is 11.3 Å². The quantitative estimate of drug-likeness (QED) is 0.805. The fraction of sp³-hybridized carbons (Fsp3) is 0.412. The van der Waals surface area contributed by atoms with Gasteiger partial charge in [-0.2, -0.15) is 0 Å². The van der Waals surface area contributed by atoms with Crippen LogP contribution in [-0.4, -0.2) is 48.1 Å². The SMILES string of the molecule is CN(C)C1CCN(c2ccc(-c3cnc(Cl)cc3F)nc2)CC1. The summed E-state index contributed by atoms with van der Waals surface area (Å²) >= 11 is 5.68. The number of hydrogen-bond acceptors (Lipinski definition) is 4. The molecule has 0 N–H and O–H groups in total. The van der Waals surface area contributed by atoms with Gasteiger partial charge in [-0.25, -0.2) is 9.37 Å². The highest BCUT2D eigenvalue weighted by atomic mass is 35.5. The number of nitrogens with zero attached hydrogens (tertiary/aromatic N) is 4. The van der Waals surface area contributed by atoms with Gasteiger partial charge in [-0.1, -0.05) is 11.6 Å². The van der Waals surface area contributed by atoms with E-state index in [1.165, 1.54) is 12.3 Å². The molecule has 122 valence electrons. The van der Waals surface area contributed by atoms with E-state index in [2.05, 4.69) is 33.9 Å². The summed E-state index contributed by atoms with van der Waals surface area (Å²) in [6.45, 7) is 2.03. The zero-order valence-corrected chi connectivity index (χ0v) is 14.1. The monoisotopic (exact) mass is 334 g/mol. The highest BCUT2D eigenvalue weighted by molar-refractivity contribution is 6.29. The minimum atomic E-state index is -0.406. The van der Waals surface area contributed by atoms with Crippen molar-refractivity contribution < 1.29 is 4.39 Å². The van der Waals surface area contributed by atoms with E-state index >= 15 is 0 Å². The third-order valence-corrected chi connectivity index (χ3v) is 4.61. The van der Waals surface area contributed by atoms with Gasteiger partial charge in [0.05, 0.1) is 23.1 Å². The number of piperidine rings is 1. The highest BCUT2D eigenvalue weighted by Gasteiger charge is 2.21. The normalized spacial score (nSPS) is 16.1. The Labute approximate surface area is 140 Å². The first kappa shape index (κ1) is 16.1. The minimum absolute atomic E-state index is 0.145. The van der Waals surface area contributed by atoms with Gasteiger partial charge in [-0.15, -0.1) is 0 Å². The Morgan fingerprint density at radius 3 is 2.48 bits per heavy atom. The molecular weight excluding hydrogens is 315 g/mol. The van der Waals surface area contributed by atoms with Gasteiger partial charge < -0.3 is 9.80 Å². The van der Waals surface area contributed by atoms with E-state index in [1.54, 1.807) is 6.20 Å². The van der Waals surface area contributed by atoms with Crippen LogP contribution in [0, 0.1) is 5.82 Å². The van der Waals surface area contributed by atoms with Crippen LogP contribution in [0.3, 0.4) is 0 Å². The summed E-state index contributed by atoms with van der Waals surface area (Å²) in [7, 11) is 4.26. The van der Waals surface area contributed by atoms with E-state index in [-0.39, 0.29) is 5.15 Å². The Morgan fingerprint density at radius 1 is 1.17 bits per heavy atom. The van der Waals surface area contributed by atoms with E-state index < -0.39 is 5.82 Å². The van der Waals surface area contributed by atoms with Crippen molar-refractivity contribution in [2.24, 2.45) is 0 Å². The number of rotatable bonds is 3. The second kappa shape index (κ2) is 6.81. The van der Waals surface area contributed by atoms with Crippen LogP contribution in [-0.2, 0) is 0 Å². The van der Waals surface area contributed by atoms with E-state index in [1.807, 2.05) is 12.1 Å². The van der Waals surface area contributed by atoms with Crippen LogP contribution >= 0.6 is 11.6 Å². The van der Waals surface area contributed by atoms with Crippen LogP contribution in [0.1, 0.15) is 12.8 Å². The summed E-state index contributed by atoms with van der Waals surface area (Å²) < 4.78 is 13.9. The second-order valence-electron chi connectivity index (χ2n) is 6.07. The molecule has 0 spiro atoms. The number of anilines is 1. The first-order valence-corrected chi connectivity index (χ1v) is 8.11. The molecule has 3 rings (SSSR count). The lowest BCUT2D eigenvalue weighted by molar-refractivity contribution is 0.249. The molecule has 0 aliphatic carbocycles. The van der Waals surface area contributed by atoms with E-state index in [4.69, 9.17) is 11.6 Å². The standard InChI is InChI=1S/C17H20ClFN4/c1-22(2)12-5-7-23(8-6-12)13-3-4-16(20-10-13)14-11-21-17(18)9-15(14)19/h3-4,9-12H,5-8H2,1-2H3. The Morgan fingerprint density at radius 2 is 1.91 bits per heavy atom. The average molecular weight is 335 g/mol. The molecule has 0 atom stereocenters. The molecule has 3 heterocycles. The molecule has 23 heavy (non-hydrogen) atoms. The predicted octanol–water partition coefficient (Wildman–Crippen LogP) is 3.47. The fourth-order valence-corrected chi connectivity index (χ4v) is 3.11. The summed E-state index contributed by atoms with van der Waals surface area (Å²) in [5.41, 5.74) is 2.01. The molecule has 1 aliphatic heterocycles. The van der Waals surface area contributed by atoms with Gasteiger partial charge in [-0.05, 0) is 39.1 Å². The molecule has 0 amide bonds. The maximum atomic E-state index is 13.9. The van der Waals surface area contributed by atoms with Crippen LogP contribution in [0.5, 0.6) is 0 Å². The van der Waals surface area contributed by atoms with E-state index in [9.17, 15) is 4.39 Å². The van der Waals surface area contributed by atoms with Gasteiger partial charge >= 0.3 is 0 Å². The molecule has 1 fully saturated rings. The zero-order valence-electron chi connectivity index (χ0n) is 13.3. The first-order valence-electron chi connectivity index (χ1n) is 7.73. The molecule has 0 unspecified atom stereocenters. The number of aromatic nitrogens is 2. The van der Waals surface area contributed by atoms with Crippen molar-refractivity contribution in [2.75, 3.05) is 32.1 Å². The second-order valence-corrected chi connectivity index (χ2v) is 6.46. The van der Waals surface area contributed by atoms with Crippen LogP contribution in [0.15, 0.2) is 30.6 Å². The summed E-state index contributed by atoms with van der Waals surface area (Å²) in [5.74, 6) is -0.406. The smallest absolute Gasteiger partial charge is 0.137 e. The Kier molecular flexibility index (Phi) is 4.78. The summed E-state index contributed by atoms with van der Waals surface area (Å²) in [5, 5.41) is 0.145. The molecule has 0 aromatic carbocycles. The fourth-order valence-electron chi connectivity index (χ4n) is 2.97. The van der Waals surface area contributed by atoms with Gasteiger partial charge in [0, 0.05) is 31.4 Å². The Bertz CT molecular complexity index is 667. The lowest BCUT2D eigenvalue weighted by Gasteiger charge is -2.36. The molecule has 4 nitrogen and oxygen atoms in total. The third kappa shape index (κ3) is 3.62. The van der Waals surface area contributed by atoms with Crippen molar-refractivity contribution in [3.8, 4) is 11.3 Å². The zero-order chi connectivity index (χ0) is 16.4. The predicted molar refractivity (Wildman–Crippen MR) is 91.4 cm³/mol. The largest absolute Gasteiger partial charge is 0.370 e. The highest BCUT2D eigenvalue weighted by Crippen LogP contribution is 2.25. The summed E-state index contributed by atoms with van der Waals surface area (Å²) in [6.07, 6.45) is 5.51. The lowest BCUT2D eigenvalue weighted by Crippen LogP contribution is -2.42.